The van der Waals surface area contributed by atoms with Crippen molar-refractivity contribution in [3.8, 4) is 0 Å². The van der Waals surface area contributed by atoms with Gasteiger partial charge in [0.1, 0.15) is 17.1 Å². The van der Waals surface area contributed by atoms with Gasteiger partial charge in [-0.15, -0.1) is 0 Å². The second-order valence-corrected chi connectivity index (χ2v) is 6.24. The Hall–Kier alpha value is -1.78. The number of carbonyl (C=O) groups is 2. The van der Waals surface area contributed by atoms with Crippen molar-refractivity contribution in [1.29, 1.82) is 0 Å². The standard InChI is InChI=1S/C16H25NO4/c1-10-9-13(12(3)20-10)11(2)17-14(18)7-8-15(19)21-16(4,5)6/h9,11H,7-8H2,1-6H3,(H,17,18). The second kappa shape index (κ2) is 6.78. The molecule has 1 aromatic heterocycles. The van der Waals surface area contributed by atoms with Crippen molar-refractivity contribution in [3.05, 3.63) is 23.2 Å². The van der Waals surface area contributed by atoms with E-state index in [9.17, 15) is 9.59 Å². The third kappa shape index (κ3) is 6.02. The van der Waals surface area contributed by atoms with E-state index in [4.69, 9.17) is 9.15 Å². The van der Waals surface area contributed by atoms with Gasteiger partial charge in [0.2, 0.25) is 5.91 Å². The van der Waals surface area contributed by atoms with Gasteiger partial charge in [-0.05, 0) is 47.6 Å². The van der Waals surface area contributed by atoms with Crippen LogP contribution in [-0.4, -0.2) is 17.5 Å². The van der Waals surface area contributed by atoms with Gasteiger partial charge in [-0.3, -0.25) is 9.59 Å². The molecule has 0 fully saturated rings. The summed E-state index contributed by atoms with van der Waals surface area (Å²) in [5.41, 5.74) is 0.435. The van der Waals surface area contributed by atoms with Crippen LogP contribution >= 0.6 is 0 Å². The van der Waals surface area contributed by atoms with Crippen molar-refractivity contribution in [3.63, 3.8) is 0 Å². The average Bonchev–Trinajstić information content (AvgIpc) is 2.63. The molecular formula is C16H25NO4. The van der Waals surface area contributed by atoms with Gasteiger partial charge in [-0.25, -0.2) is 0 Å². The molecule has 0 bridgehead atoms. The lowest BCUT2D eigenvalue weighted by Gasteiger charge is -2.19. The molecule has 1 aromatic rings. The maximum absolute atomic E-state index is 11.9. The molecule has 1 N–H and O–H groups in total. The largest absolute Gasteiger partial charge is 0.466 e. The summed E-state index contributed by atoms with van der Waals surface area (Å²) in [6, 6.07) is 1.77. The van der Waals surface area contributed by atoms with Crippen LogP contribution < -0.4 is 5.32 Å². The minimum absolute atomic E-state index is 0.0826. The van der Waals surface area contributed by atoms with Gasteiger partial charge in [0.05, 0.1) is 12.5 Å². The summed E-state index contributed by atoms with van der Waals surface area (Å²) in [5.74, 6) is 1.08. The van der Waals surface area contributed by atoms with Gasteiger partial charge in [-0.2, -0.15) is 0 Å². The number of rotatable bonds is 5. The van der Waals surface area contributed by atoms with E-state index in [1.54, 1.807) is 20.8 Å². The number of nitrogens with one attached hydrogen (secondary N) is 1. The van der Waals surface area contributed by atoms with Gasteiger partial charge in [0.15, 0.2) is 0 Å². The summed E-state index contributed by atoms with van der Waals surface area (Å²) in [6.45, 7) is 11.0. The highest BCUT2D eigenvalue weighted by Gasteiger charge is 2.19. The van der Waals surface area contributed by atoms with Gasteiger partial charge in [-0.1, -0.05) is 0 Å². The fraction of sp³-hybridized carbons (Fsp3) is 0.625. The smallest absolute Gasteiger partial charge is 0.306 e. The minimum Gasteiger partial charge on any atom is -0.466 e. The van der Waals surface area contributed by atoms with E-state index in [0.717, 1.165) is 17.1 Å². The molecule has 0 aliphatic carbocycles. The molecule has 21 heavy (non-hydrogen) atoms. The Balaban J connectivity index is 2.44. The van der Waals surface area contributed by atoms with E-state index in [2.05, 4.69) is 5.32 Å². The summed E-state index contributed by atoms with van der Waals surface area (Å²) in [5, 5.41) is 2.86. The van der Waals surface area contributed by atoms with Crippen LogP contribution in [0.5, 0.6) is 0 Å². The van der Waals surface area contributed by atoms with Crippen LogP contribution in [0, 0.1) is 13.8 Å². The van der Waals surface area contributed by atoms with Gasteiger partial charge >= 0.3 is 5.97 Å². The highest BCUT2D eigenvalue weighted by Crippen LogP contribution is 2.21. The second-order valence-electron chi connectivity index (χ2n) is 6.24. The lowest BCUT2D eigenvalue weighted by molar-refractivity contribution is -0.155. The number of furan rings is 1. The lowest BCUT2D eigenvalue weighted by atomic mass is 10.1. The SMILES string of the molecule is Cc1cc(C(C)NC(=O)CCC(=O)OC(C)(C)C)c(C)o1. The fourth-order valence-corrected chi connectivity index (χ4v) is 2.08. The van der Waals surface area contributed by atoms with Gasteiger partial charge in [0, 0.05) is 12.0 Å². The first kappa shape index (κ1) is 17.3. The zero-order valence-corrected chi connectivity index (χ0v) is 13.7. The lowest BCUT2D eigenvalue weighted by Crippen LogP contribution is -2.28. The number of esters is 1. The zero-order valence-electron chi connectivity index (χ0n) is 13.7. The summed E-state index contributed by atoms with van der Waals surface area (Å²) in [6.07, 6.45) is 0.203. The van der Waals surface area contributed by atoms with Gasteiger partial charge in [0.25, 0.3) is 0 Å². The van der Waals surface area contributed by atoms with E-state index in [1.165, 1.54) is 0 Å². The average molecular weight is 295 g/mol. The number of aryl methyl sites for hydroxylation is 2. The van der Waals surface area contributed by atoms with E-state index < -0.39 is 5.60 Å². The van der Waals surface area contributed by atoms with E-state index >= 15 is 0 Å². The molecule has 0 spiro atoms. The molecule has 1 unspecified atom stereocenters. The van der Waals surface area contributed by atoms with Crippen LogP contribution in [0.2, 0.25) is 0 Å². The molecule has 1 atom stereocenters. The zero-order chi connectivity index (χ0) is 16.2. The molecule has 1 rings (SSSR count). The van der Waals surface area contributed by atoms with Crippen molar-refractivity contribution in [2.45, 2.75) is 66.0 Å². The molecule has 1 heterocycles. The fourth-order valence-electron chi connectivity index (χ4n) is 2.08. The molecule has 0 saturated heterocycles. The minimum atomic E-state index is -0.522. The molecule has 0 aliphatic heterocycles. The quantitative estimate of drug-likeness (QED) is 0.847. The van der Waals surface area contributed by atoms with Crippen molar-refractivity contribution < 1.29 is 18.7 Å². The Kier molecular flexibility index (Phi) is 5.58. The predicted octanol–water partition coefficient (Wildman–Crippen LogP) is 3.20. The molecule has 0 radical (unpaired) electrons. The molecular weight excluding hydrogens is 270 g/mol. The van der Waals surface area contributed by atoms with E-state index in [-0.39, 0.29) is 30.8 Å². The number of ether oxygens (including phenoxy) is 1. The monoisotopic (exact) mass is 295 g/mol. The first-order valence-corrected chi connectivity index (χ1v) is 7.16. The molecule has 118 valence electrons. The normalized spacial score (nSPS) is 12.9. The first-order chi connectivity index (χ1) is 9.58. The predicted molar refractivity (Wildman–Crippen MR) is 79.8 cm³/mol. The van der Waals surface area contributed by atoms with Crippen molar-refractivity contribution in [1.82, 2.24) is 5.32 Å². The maximum Gasteiger partial charge on any atom is 0.306 e. The first-order valence-electron chi connectivity index (χ1n) is 7.16. The maximum atomic E-state index is 11.9. The van der Waals surface area contributed by atoms with E-state index in [0.29, 0.717) is 0 Å². The van der Waals surface area contributed by atoms with Crippen LogP contribution in [0.3, 0.4) is 0 Å². The summed E-state index contributed by atoms with van der Waals surface area (Å²) < 4.78 is 10.6. The third-order valence-electron chi connectivity index (χ3n) is 2.90. The number of amides is 1. The highest BCUT2D eigenvalue weighted by molar-refractivity contribution is 5.81. The van der Waals surface area contributed by atoms with Crippen LogP contribution in [0.15, 0.2) is 10.5 Å². The van der Waals surface area contributed by atoms with E-state index in [1.807, 2.05) is 26.8 Å². The number of hydrogen-bond acceptors (Lipinski definition) is 4. The topological polar surface area (TPSA) is 68.5 Å². The molecule has 0 aromatic carbocycles. The van der Waals surface area contributed by atoms with Crippen LogP contribution in [0.25, 0.3) is 0 Å². The summed E-state index contributed by atoms with van der Waals surface area (Å²) in [7, 11) is 0. The molecule has 0 saturated carbocycles. The Morgan fingerprint density at radius 3 is 2.38 bits per heavy atom. The van der Waals surface area contributed by atoms with Gasteiger partial charge < -0.3 is 14.5 Å². The van der Waals surface area contributed by atoms with Crippen LogP contribution in [0.4, 0.5) is 0 Å². The van der Waals surface area contributed by atoms with Crippen LogP contribution in [-0.2, 0) is 14.3 Å². The van der Waals surface area contributed by atoms with Crippen LogP contribution in [0.1, 0.15) is 63.7 Å². The third-order valence-corrected chi connectivity index (χ3v) is 2.90. The van der Waals surface area contributed by atoms with Crippen molar-refractivity contribution in [2.24, 2.45) is 0 Å². The number of hydrogen-bond donors (Lipinski definition) is 1. The molecule has 0 aliphatic rings. The Morgan fingerprint density at radius 2 is 1.90 bits per heavy atom. The number of carbonyl (C=O) groups excluding carboxylic acids is 2. The Morgan fingerprint density at radius 1 is 1.29 bits per heavy atom. The Bertz CT molecular complexity index is 511. The van der Waals surface area contributed by atoms with Crippen molar-refractivity contribution in [2.75, 3.05) is 0 Å². The summed E-state index contributed by atoms with van der Waals surface area (Å²) in [4.78, 5) is 23.4. The Labute approximate surface area is 126 Å². The molecule has 5 nitrogen and oxygen atoms in total. The van der Waals surface area contributed by atoms with Crippen molar-refractivity contribution >= 4 is 11.9 Å². The summed E-state index contributed by atoms with van der Waals surface area (Å²) >= 11 is 0. The molecule has 5 heteroatoms. The highest BCUT2D eigenvalue weighted by atomic mass is 16.6. The molecule has 1 amide bonds.